The van der Waals surface area contributed by atoms with E-state index in [4.69, 9.17) is 0 Å². The van der Waals surface area contributed by atoms with Gasteiger partial charge in [-0.15, -0.1) is 0 Å². The maximum Gasteiger partial charge on any atom is 0.298 e. The molecule has 8 heteroatoms. The average Bonchev–Trinajstić information content (AvgIpc) is 2.97. The zero-order chi connectivity index (χ0) is 22.4. The SMILES string of the molecule is Cc1c(C(=O)NC23CCC(O)(CC2)CC3)c(C)n(C)c1C(=O)C(=O)Nc1cccnc1. The summed E-state index contributed by atoms with van der Waals surface area (Å²) in [5.74, 6) is -1.71. The number of fused-ring (bicyclic) bond motifs is 3. The summed E-state index contributed by atoms with van der Waals surface area (Å²) in [6, 6.07) is 3.31. The Morgan fingerprint density at radius 2 is 1.74 bits per heavy atom. The largest absolute Gasteiger partial charge is 0.390 e. The summed E-state index contributed by atoms with van der Waals surface area (Å²) in [6.07, 6.45) is 7.36. The van der Waals surface area contributed by atoms with Crippen molar-refractivity contribution in [2.24, 2.45) is 7.05 Å². The quantitative estimate of drug-likeness (QED) is 0.504. The Hall–Kier alpha value is -3.00. The molecule has 2 bridgehead atoms. The highest BCUT2D eigenvalue weighted by Crippen LogP contribution is 2.46. The minimum atomic E-state index is -0.777. The first-order valence-corrected chi connectivity index (χ1v) is 10.6. The fourth-order valence-corrected chi connectivity index (χ4v) is 5.02. The van der Waals surface area contributed by atoms with Crippen molar-refractivity contribution >= 4 is 23.3 Å². The third-order valence-electron chi connectivity index (χ3n) is 7.08. The van der Waals surface area contributed by atoms with E-state index in [-0.39, 0.29) is 17.1 Å². The van der Waals surface area contributed by atoms with E-state index in [9.17, 15) is 19.5 Å². The molecule has 5 rings (SSSR count). The molecular weight excluding hydrogens is 396 g/mol. The number of hydrogen-bond acceptors (Lipinski definition) is 5. The molecule has 0 spiro atoms. The predicted octanol–water partition coefficient (Wildman–Crippen LogP) is 2.43. The van der Waals surface area contributed by atoms with Crippen LogP contribution in [0.5, 0.6) is 0 Å². The lowest BCUT2D eigenvalue weighted by Gasteiger charge is -2.51. The van der Waals surface area contributed by atoms with E-state index in [2.05, 4.69) is 15.6 Å². The van der Waals surface area contributed by atoms with Gasteiger partial charge in [0.05, 0.1) is 28.7 Å². The van der Waals surface area contributed by atoms with Gasteiger partial charge in [0.25, 0.3) is 17.6 Å². The molecule has 31 heavy (non-hydrogen) atoms. The van der Waals surface area contributed by atoms with Crippen LogP contribution in [0.15, 0.2) is 24.5 Å². The van der Waals surface area contributed by atoms with Gasteiger partial charge in [-0.2, -0.15) is 0 Å². The van der Waals surface area contributed by atoms with Crippen LogP contribution >= 0.6 is 0 Å². The van der Waals surface area contributed by atoms with E-state index in [1.165, 1.54) is 6.20 Å². The summed E-state index contributed by atoms with van der Waals surface area (Å²) < 4.78 is 1.60. The Labute approximate surface area is 181 Å². The minimum absolute atomic E-state index is 0.197. The molecule has 3 N–H and O–H groups in total. The lowest BCUT2D eigenvalue weighted by molar-refractivity contribution is -0.112. The lowest BCUT2D eigenvalue weighted by atomic mass is 9.63. The molecule has 3 aliphatic rings. The van der Waals surface area contributed by atoms with E-state index >= 15 is 0 Å². The van der Waals surface area contributed by atoms with Crippen LogP contribution in [0.25, 0.3) is 0 Å². The molecular formula is C23H28N4O4. The third kappa shape index (κ3) is 3.76. The first-order valence-electron chi connectivity index (χ1n) is 10.6. The minimum Gasteiger partial charge on any atom is -0.390 e. The number of nitrogens with one attached hydrogen (secondary N) is 2. The van der Waals surface area contributed by atoms with Crippen molar-refractivity contribution in [1.29, 1.82) is 0 Å². The molecule has 0 saturated heterocycles. The molecule has 3 fully saturated rings. The normalized spacial score (nSPS) is 24.6. The summed E-state index contributed by atoms with van der Waals surface area (Å²) >= 11 is 0. The van der Waals surface area contributed by atoms with Gasteiger partial charge in [-0.3, -0.25) is 19.4 Å². The Morgan fingerprint density at radius 3 is 2.32 bits per heavy atom. The monoisotopic (exact) mass is 424 g/mol. The van der Waals surface area contributed by atoms with Gasteiger partial charge in [0.1, 0.15) is 0 Å². The lowest BCUT2D eigenvalue weighted by Crippen LogP contribution is -2.58. The van der Waals surface area contributed by atoms with E-state index in [0.29, 0.717) is 41.8 Å². The van der Waals surface area contributed by atoms with Gasteiger partial charge >= 0.3 is 0 Å². The number of hydrogen-bond donors (Lipinski definition) is 3. The van der Waals surface area contributed by atoms with Crippen molar-refractivity contribution in [3.63, 3.8) is 0 Å². The third-order valence-corrected chi connectivity index (χ3v) is 7.08. The van der Waals surface area contributed by atoms with Crippen molar-refractivity contribution in [3.05, 3.63) is 47.0 Å². The second kappa shape index (κ2) is 7.60. The summed E-state index contributed by atoms with van der Waals surface area (Å²) in [5, 5.41) is 16.2. The molecule has 164 valence electrons. The number of carbonyl (C=O) groups is 3. The number of carbonyl (C=O) groups excluding carboxylic acids is 3. The zero-order valence-corrected chi connectivity index (χ0v) is 18.1. The van der Waals surface area contributed by atoms with Crippen molar-refractivity contribution in [2.45, 2.75) is 63.5 Å². The molecule has 0 radical (unpaired) electrons. The number of nitrogens with zero attached hydrogens (tertiary/aromatic N) is 2. The second-order valence-electron chi connectivity index (χ2n) is 8.98. The van der Waals surface area contributed by atoms with Gasteiger partial charge < -0.3 is 20.3 Å². The molecule has 0 aliphatic heterocycles. The van der Waals surface area contributed by atoms with Crippen LogP contribution in [0.4, 0.5) is 5.69 Å². The number of Topliss-reactive ketones (excluding diaryl/α,β-unsaturated/α-hetero) is 1. The summed E-state index contributed by atoms with van der Waals surface area (Å²) in [5.41, 5.74) is 1.29. The van der Waals surface area contributed by atoms with Crippen LogP contribution in [0.3, 0.4) is 0 Å². The first-order chi connectivity index (χ1) is 14.6. The van der Waals surface area contributed by atoms with E-state index in [0.717, 1.165) is 19.3 Å². The molecule has 3 aliphatic carbocycles. The van der Waals surface area contributed by atoms with Crippen molar-refractivity contribution in [3.8, 4) is 0 Å². The number of rotatable bonds is 5. The standard InChI is InChI=1S/C23H28N4O4/c1-14-17(20(29)26-22-6-9-23(31,10-7-22)11-8-22)15(2)27(3)18(14)19(28)21(30)25-16-5-4-12-24-13-16/h4-5,12-13,31H,6-11H2,1-3H3,(H,25,30)(H,26,29). The van der Waals surface area contributed by atoms with Crippen molar-refractivity contribution in [1.82, 2.24) is 14.9 Å². The highest BCUT2D eigenvalue weighted by Gasteiger charge is 2.48. The fourth-order valence-electron chi connectivity index (χ4n) is 5.02. The summed E-state index contributed by atoms with van der Waals surface area (Å²) in [4.78, 5) is 42.6. The predicted molar refractivity (Wildman–Crippen MR) is 115 cm³/mol. The van der Waals surface area contributed by atoms with Crippen LogP contribution in [0, 0.1) is 13.8 Å². The number of pyridine rings is 1. The first kappa shape index (κ1) is 21.2. The van der Waals surface area contributed by atoms with Crippen molar-refractivity contribution < 1.29 is 19.5 Å². The van der Waals surface area contributed by atoms with E-state index in [1.807, 2.05) is 0 Å². The van der Waals surface area contributed by atoms with Crippen LogP contribution in [0.2, 0.25) is 0 Å². The average molecular weight is 425 g/mol. The maximum atomic E-state index is 13.3. The number of aliphatic hydroxyl groups is 1. The molecule has 0 atom stereocenters. The number of aromatic nitrogens is 2. The molecule has 3 saturated carbocycles. The maximum absolute atomic E-state index is 13.3. The van der Waals surface area contributed by atoms with Gasteiger partial charge in [0.15, 0.2) is 0 Å². The van der Waals surface area contributed by atoms with Gasteiger partial charge in [0, 0.05) is 24.5 Å². The highest BCUT2D eigenvalue weighted by molar-refractivity contribution is 6.46. The second-order valence-corrected chi connectivity index (χ2v) is 8.98. The van der Waals surface area contributed by atoms with Gasteiger partial charge in [-0.05, 0) is 70.1 Å². The molecule has 2 amide bonds. The van der Waals surface area contributed by atoms with Crippen LogP contribution < -0.4 is 10.6 Å². The van der Waals surface area contributed by atoms with Crippen LogP contribution in [-0.4, -0.2) is 43.4 Å². The summed E-state index contributed by atoms with van der Waals surface area (Å²) in [6.45, 7) is 3.47. The molecule has 0 unspecified atom stereocenters. The Bertz CT molecular complexity index is 1030. The van der Waals surface area contributed by atoms with E-state index in [1.54, 1.807) is 43.8 Å². The van der Waals surface area contributed by atoms with Gasteiger partial charge in [0.2, 0.25) is 0 Å². The van der Waals surface area contributed by atoms with Gasteiger partial charge in [-0.1, -0.05) is 0 Å². The fraction of sp³-hybridized carbons (Fsp3) is 0.478. The smallest absolute Gasteiger partial charge is 0.298 e. The topological polar surface area (TPSA) is 113 Å². The molecule has 8 nitrogen and oxygen atoms in total. The Kier molecular flexibility index (Phi) is 5.21. The molecule has 2 aromatic rings. The van der Waals surface area contributed by atoms with Gasteiger partial charge in [-0.25, -0.2) is 0 Å². The molecule has 2 heterocycles. The number of amides is 2. The van der Waals surface area contributed by atoms with Crippen LogP contribution in [-0.2, 0) is 11.8 Å². The highest BCUT2D eigenvalue weighted by atomic mass is 16.3. The Balaban J connectivity index is 1.56. The molecule has 0 aromatic carbocycles. The van der Waals surface area contributed by atoms with Crippen molar-refractivity contribution in [2.75, 3.05) is 5.32 Å². The Morgan fingerprint density at radius 1 is 1.10 bits per heavy atom. The zero-order valence-electron chi connectivity index (χ0n) is 18.1. The number of ketones is 1. The van der Waals surface area contributed by atoms with E-state index < -0.39 is 17.3 Å². The summed E-state index contributed by atoms with van der Waals surface area (Å²) in [7, 11) is 1.68. The number of anilines is 1. The molecule has 2 aromatic heterocycles. The van der Waals surface area contributed by atoms with Crippen LogP contribution in [0.1, 0.15) is 70.6 Å².